The summed E-state index contributed by atoms with van der Waals surface area (Å²) in [6.07, 6.45) is 3.89. The fourth-order valence-electron chi connectivity index (χ4n) is 2.70. The van der Waals surface area contributed by atoms with Crippen molar-refractivity contribution in [1.29, 1.82) is 0 Å². The third-order valence-corrected chi connectivity index (χ3v) is 3.54. The van der Waals surface area contributed by atoms with Crippen molar-refractivity contribution in [1.82, 2.24) is 10.2 Å². The zero-order valence-electron chi connectivity index (χ0n) is 11.1. The Morgan fingerprint density at radius 1 is 1.38 bits per heavy atom. The molecule has 0 radical (unpaired) electrons. The van der Waals surface area contributed by atoms with Crippen LogP contribution in [0, 0.1) is 5.92 Å². The molecule has 2 atom stereocenters. The number of piperidine rings is 1. The summed E-state index contributed by atoms with van der Waals surface area (Å²) in [6, 6.07) is 1.21. The van der Waals surface area contributed by atoms with Gasteiger partial charge in [0.05, 0.1) is 6.61 Å². The van der Waals surface area contributed by atoms with Crippen molar-refractivity contribution in [2.75, 3.05) is 26.2 Å². The molecule has 3 nitrogen and oxygen atoms in total. The maximum absolute atomic E-state index is 8.87. The number of hydrogen-bond acceptors (Lipinski definition) is 3. The van der Waals surface area contributed by atoms with E-state index in [9.17, 15) is 0 Å². The summed E-state index contributed by atoms with van der Waals surface area (Å²) in [5, 5.41) is 12.3. The maximum atomic E-state index is 8.87. The van der Waals surface area contributed by atoms with Gasteiger partial charge in [0.2, 0.25) is 0 Å². The van der Waals surface area contributed by atoms with Crippen molar-refractivity contribution in [3.8, 4) is 0 Å². The molecule has 0 amide bonds. The molecule has 1 fully saturated rings. The molecule has 1 heterocycles. The van der Waals surface area contributed by atoms with Crippen LogP contribution in [0.3, 0.4) is 0 Å². The average Bonchev–Trinajstić information content (AvgIpc) is 2.26. The van der Waals surface area contributed by atoms with Crippen LogP contribution in [-0.2, 0) is 0 Å². The van der Waals surface area contributed by atoms with Gasteiger partial charge in [-0.25, -0.2) is 0 Å². The Bertz CT molecular complexity index is 185. The molecule has 0 aromatic carbocycles. The molecule has 0 saturated carbocycles. The molecule has 1 aliphatic rings. The summed E-state index contributed by atoms with van der Waals surface area (Å²) in [5.41, 5.74) is 0. The van der Waals surface area contributed by atoms with Crippen LogP contribution in [0.15, 0.2) is 0 Å². The Balaban J connectivity index is 2.45. The van der Waals surface area contributed by atoms with Gasteiger partial charge in [0, 0.05) is 31.7 Å². The number of rotatable bonds is 6. The van der Waals surface area contributed by atoms with E-state index in [1.54, 1.807) is 0 Å². The van der Waals surface area contributed by atoms with Crippen molar-refractivity contribution in [3.05, 3.63) is 0 Å². The normalized spacial score (nSPS) is 27.6. The van der Waals surface area contributed by atoms with Gasteiger partial charge >= 0.3 is 0 Å². The fourth-order valence-corrected chi connectivity index (χ4v) is 2.70. The Kier molecular flexibility index (Phi) is 6.32. The monoisotopic (exact) mass is 228 g/mol. The molecule has 2 unspecified atom stereocenters. The van der Waals surface area contributed by atoms with Crippen molar-refractivity contribution in [2.24, 2.45) is 5.92 Å². The van der Waals surface area contributed by atoms with Gasteiger partial charge in [-0.15, -0.1) is 0 Å². The van der Waals surface area contributed by atoms with Gasteiger partial charge in [0.25, 0.3) is 0 Å². The minimum absolute atomic E-state index is 0.247. The highest BCUT2D eigenvalue weighted by Crippen LogP contribution is 2.22. The molecule has 1 saturated heterocycles. The van der Waals surface area contributed by atoms with E-state index < -0.39 is 0 Å². The molecule has 16 heavy (non-hydrogen) atoms. The zero-order valence-corrected chi connectivity index (χ0v) is 11.1. The molecular weight excluding hydrogens is 200 g/mol. The number of aliphatic hydroxyl groups excluding tert-OH is 1. The first kappa shape index (κ1) is 13.9. The Labute approximate surface area is 100 Å². The number of aliphatic hydroxyl groups is 1. The van der Waals surface area contributed by atoms with Crippen molar-refractivity contribution in [3.63, 3.8) is 0 Å². The minimum atomic E-state index is 0.247. The zero-order chi connectivity index (χ0) is 12.0. The van der Waals surface area contributed by atoms with Crippen molar-refractivity contribution >= 4 is 0 Å². The van der Waals surface area contributed by atoms with Crippen molar-refractivity contribution < 1.29 is 5.11 Å². The van der Waals surface area contributed by atoms with E-state index in [4.69, 9.17) is 5.11 Å². The molecule has 2 N–H and O–H groups in total. The topological polar surface area (TPSA) is 35.5 Å². The first-order valence-electron chi connectivity index (χ1n) is 6.75. The van der Waals surface area contributed by atoms with Crippen LogP contribution < -0.4 is 5.32 Å². The molecule has 0 aromatic rings. The molecule has 0 aliphatic carbocycles. The average molecular weight is 228 g/mol. The van der Waals surface area contributed by atoms with Crippen LogP contribution >= 0.6 is 0 Å². The van der Waals surface area contributed by atoms with Gasteiger partial charge in [-0.2, -0.15) is 0 Å². The predicted molar refractivity (Wildman–Crippen MR) is 68.6 cm³/mol. The van der Waals surface area contributed by atoms with E-state index in [1.807, 2.05) is 0 Å². The third kappa shape index (κ3) is 4.40. The van der Waals surface area contributed by atoms with Crippen molar-refractivity contribution in [2.45, 2.75) is 52.1 Å². The van der Waals surface area contributed by atoms with Crippen LogP contribution in [0.2, 0.25) is 0 Å². The molecular formula is C13H28N2O. The predicted octanol–water partition coefficient (Wildman–Crippen LogP) is 1.47. The second-order valence-corrected chi connectivity index (χ2v) is 5.31. The standard InChI is InChI=1S/C13H28N2O/c1-4-5-12-8-13(14-6-7-16)10-15(9-12)11(2)3/h11-14,16H,4-10H2,1-3H3. The van der Waals surface area contributed by atoms with Gasteiger partial charge in [0.1, 0.15) is 0 Å². The smallest absolute Gasteiger partial charge is 0.0556 e. The highest BCUT2D eigenvalue weighted by atomic mass is 16.3. The van der Waals surface area contributed by atoms with Crippen LogP contribution in [-0.4, -0.2) is 48.3 Å². The summed E-state index contributed by atoms with van der Waals surface area (Å²) in [7, 11) is 0. The summed E-state index contributed by atoms with van der Waals surface area (Å²) in [6.45, 7) is 10.2. The molecule has 0 aromatic heterocycles. The first-order chi connectivity index (χ1) is 7.67. The van der Waals surface area contributed by atoms with E-state index in [2.05, 4.69) is 31.0 Å². The lowest BCUT2D eigenvalue weighted by molar-refractivity contribution is 0.105. The van der Waals surface area contributed by atoms with Gasteiger partial charge in [-0.3, -0.25) is 4.90 Å². The molecule has 0 spiro atoms. The molecule has 0 bridgehead atoms. The molecule has 1 rings (SSSR count). The molecule has 96 valence electrons. The Morgan fingerprint density at radius 2 is 2.12 bits per heavy atom. The van der Waals surface area contributed by atoms with Crippen LogP contribution in [0.1, 0.15) is 40.0 Å². The lowest BCUT2D eigenvalue weighted by Crippen LogP contribution is -2.51. The number of nitrogens with one attached hydrogen (secondary N) is 1. The quantitative estimate of drug-likeness (QED) is 0.722. The third-order valence-electron chi connectivity index (χ3n) is 3.54. The van der Waals surface area contributed by atoms with Crippen LogP contribution in [0.25, 0.3) is 0 Å². The van der Waals surface area contributed by atoms with E-state index in [1.165, 1.54) is 25.8 Å². The Hall–Kier alpha value is -0.120. The molecule has 1 aliphatic heterocycles. The van der Waals surface area contributed by atoms with E-state index >= 15 is 0 Å². The van der Waals surface area contributed by atoms with Gasteiger partial charge in [-0.05, 0) is 32.6 Å². The van der Waals surface area contributed by atoms with Crippen LogP contribution in [0.5, 0.6) is 0 Å². The van der Waals surface area contributed by atoms with Gasteiger partial charge < -0.3 is 10.4 Å². The summed E-state index contributed by atoms with van der Waals surface area (Å²) in [5.74, 6) is 0.831. The van der Waals surface area contributed by atoms with Crippen LogP contribution in [0.4, 0.5) is 0 Å². The fraction of sp³-hybridized carbons (Fsp3) is 1.00. The first-order valence-corrected chi connectivity index (χ1v) is 6.75. The highest BCUT2D eigenvalue weighted by molar-refractivity contribution is 4.84. The lowest BCUT2D eigenvalue weighted by Gasteiger charge is -2.40. The molecule has 3 heteroatoms. The minimum Gasteiger partial charge on any atom is -0.395 e. The number of nitrogens with zero attached hydrogens (tertiary/aromatic N) is 1. The highest BCUT2D eigenvalue weighted by Gasteiger charge is 2.27. The number of likely N-dealkylation sites (tertiary alicyclic amines) is 1. The maximum Gasteiger partial charge on any atom is 0.0556 e. The summed E-state index contributed by atoms with van der Waals surface area (Å²) in [4.78, 5) is 2.57. The van der Waals surface area contributed by atoms with E-state index in [-0.39, 0.29) is 6.61 Å². The van der Waals surface area contributed by atoms with E-state index in [0.717, 1.165) is 19.0 Å². The lowest BCUT2D eigenvalue weighted by atomic mass is 9.90. The Morgan fingerprint density at radius 3 is 2.69 bits per heavy atom. The number of hydrogen-bond donors (Lipinski definition) is 2. The van der Waals surface area contributed by atoms with Gasteiger partial charge in [-0.1, -0.05) is 13.3 Å². The SMILES string of the molecule is CCCC1CC(NCCO)CN(C(C)C)C1. The summed E-state index contributed by atoms with van der Waals surface area (Å²) >= 11 is 0. The van der Waals surface area contributed by atoms with E-state index in [0.29, 0.717) is 12.1 Å². The van der Waals surface area contributed by atoms with Gasteiger partial charge in [0.15, 0.2) is 0 Å². The second-order valence-electron chi connectivity index (χ2n) is 5.31. The second kappa shape index (κ2) is 7.25. The summed E-state index contributed by atoms with van der Waals surface area (Å²) < 4.78 is 0. The largest absolute Gasteiger partial charge is 0.395 e.